The van der Waals surface area contributed by atoms with Crippen molar-refractivity contribution in [2.75, 3.05) is 13.1 Å². The normalized spacial score (nSPS) is 14.1. The number of rotatable bonds is 8. The lowest BCUT2D eigenvalue weighted by molar-refractivity contribution is 0.342. The highest BCUT2D eigenvalue weighted by atomic mass is 32.1. The predicted molar refractivity (Wildman–Crippen MR) is 79.8 cm³/mol. The molecule has 3 nitrogen and oxygen atoms in total. The van der Waals surface area contributed by atoms with Crippen LogP contribution in [-0.2, 0) is 5.54 Å². The van der Waals surface area contributed by atoms with Crippen molar-refractivity contribution < 1.29 is 0 Å². The third-order valence-electron chi connectivity index (χ3n) is 3.22. The Balaban J connectivity index is 2.36. The number of nitrogens with two attached hydrogens (primary N) is 1. The molecule has 0 fully saturated rings. The van der Waals surface area contributed by atoms with E-state index in [1.165, 1.54) is 6.42 Å². The summed E-state index contributed by atoms with van der Waals surface area (Å²) in [5.74, 6) is 1.36. The zero-order valence-corrected chi connectivity index (χ0v) is 12.9. The van der Waals surface area contributed by atoms with E-state index in [9.17, 15) is 0 Å². The lowest BCUT2D eigenvalue weighted by Crippen LogP contribution is -2.38. The molecule has 1 unspecified atom stereocenters. The van der Waals surface area contributed by atoms with Gasteiger partial charge in [0.15, 0.2) is 0 Å². The summed E-state index contributed by atoms with van der Waals surface area (Å²) in [5.41, 5.74) is 5.79. The molecule has 1 rings (SSSR count). The van der Waals surface area contributed by atoms with E-state index in [0.29, 0.717) is 5.92 Å². The van der Waals surface area contributed by atoms with Crippen LogP contribution in [0.2, 0.25) is 0 Å². The molecule has 0 radical (unpaired) electrons. The summed E-state index contributed by atoms with van der Waals surface area (Å²) in [6.45, 7) is 10.7. The summed E-state index contributed by atoms with van der Waals surface area (Å²) in [6, 6.07) is 0. The van der Waals surface area contributed by atoms with Crippen LogP contribution in [-0.4, -0.2) is 18.1 Å². The first-order valence-electron chi connectivity index (χ1n) is 6.80. The fraction of sp³-hybridized carbons (Fsp3) is 0.786. The summed E-state index contributed by atoms with van der Waals surface area (Å²) in [6.07, 6.45) is 4.23. The first-order chi connectivity index (χ1) is 8.45. The number of thiazole rings is 1. The second kappa shape index (κ2) is 7.22. The van der Waals surface area contributed by atoms with Crippen molar-refractivity contribution in [1.82, 2.24) is 10.3 Å². The molecule has 1 heterocycles. The van der Waals surface area contributed by atoms with Crippen molar-refractivity contribution in [2.45, 2.75) is 46.1 Å². The van der Waals surface area contributed by atoms with Crippen LogP contribution in [0.3, 0.4) is 0 Å². The molecule has 0 spiro atoms. The van der Waals surface area contributed by atoms with Crippen LogP contribution in [0.25, 0.3) is 0 Å². The zero-order valence-electron chi connectivity index (χ0n) is 12.1. The van der Waals surface area contributed by atoms with Gasteiger partial charge in [0.2, 0.25) is 0 Å². The predicted octanol–water partition coefficient (Wildman–Crippen LogP) is 2.98. The van der Waals surface area contributed by atoms with E-state index in [1.54, 1.807) is 11.3 Å². The average Bonchev–Trinajstić information content (AvgIpc) is 2.81. The number of hydrogen-bond acceptors (Lipinski definition) is 4. The van der Waals surface area contributed by atoms with Crippen LogP contribution in [0.1, 0.15) is 45.5 Å². The lowest BCUT2D eigenvalue weighted by Gasteiger charge is -2.25. The Labute approximate surface area is 115 Å². The third kappa shape index (κ3) is 5.04. The van der Waals surface area contributed by atoms with Gasteiger partial charge in [0.1, 0.15) is 5.01 Å². The van der Waals surface area contributed by atoms with E-state index in [2.05, 4.69) is 38.0 Å². The zero-order chi connectivity index (χ0) is 13.6. The molecule has 0 aliphatic rings. The molecule has 1 aromatic rings. The maximum Gasteiger partial charge on any atom is 0.112 e. The average molecular weight is 269 g/mol. The monoisotopic (exact) mass is 269 g/mol. The number of aromatic nitrogens is 1. The highest BCUT2D eigenvalue weighted by Gasteiger charge is 2.22. The van der Waals surface area contributed by atoms with Gasteiger partial charge in [-0.05, 0) is 51.6 Å². The molecular weight excluding hydrogens is 242 g/mol. The van der Waals surface area contributed by atoms with Crippen molar-refractivity contribution in [3.8, 4) is 0 Å². The molecule has 18 heavy (non-hydrogen) atoms. The van der Waals surface area contributed by atoms with E-state index in [0.717, 1.165) is 30.4 Å². The van der Waals surface area contributed by atoms with Gasteiger partial charge in [-0.15, -0.1) is 11.3 Å². The summed E-state index contributed by atoms with van der Waals surface area (Å²) in [7, 11) is 0. The van der Waals surface area contributed by atoms with Crippen LogP contribution in [0, 0.1) is 11.8 Å². The van der Waals surface area contributed by atoms with Crippen molar-refractivity contribution >= 4 is 11.3 Å². The minimum atomic E-state index is -0.0366. The van der Waals surface area contributed by atoms with E-state index < -0.39 is 0 Å². The molecule has 0 bridgehead atoms. The fourth-order valence-electron chi connectivity index (χ4n) is 2.20. The standard InChI is InChI=1S/C14H27N3S/c1-11(2)9-12(10-15)5-6-17-14(3,4)13-16-7-8-18-13/h7-8,11-12,17H,5-6,9-10,15H2,1-4H3. The molecule has 1 aromatic heterocycles. The van der Waals surface area contributed by atoms with Gasteiger partial charge in [0.25, 0.3) is 0 Å². The van der Waals surface area contributed by atoms with Crippen molar-refractivity contribution in [2.24, 2.45) is 17.6 Å². The Hall–Kier alpha value is -0.450. The number of hydrogen-bond donors (Lipinski definition) is 2. The maximum atomic E-state index is 5.83. The molecule has 3 N–H and O–H groups in total. The van der Waals surface area contributed by atoms with E-state index in [1.807, 2.05) is 11.6 Å². The summed E-state index contributed by atoms with van der Waals surface area (Å²) < 4.78 is 0. The molecule has 0 aliphatic heterocycles. The highest BCUT2D eigenvalue weighted by Crippen LogP contribution is 2.22. The SMILES string of the molecule is CC(C)CC(CN)CCNC(C)(C)c1nccs1. The largest absolute Gasteiger partial charge is 0.330 e. The molecular formula is C14H27N3S. The lowest BCUT2D eigenvalue weighted by atomic mass is 9.94. The molecule has 0 saturated carbocycles. The quantitative estimate of drug-likeness (QED) is 0.763. The van der Waals surface area contributed by atoms with Gasteiger partial charge in [0, 0.05) is 11.6 Å². The minimum Gasteiger partial charge on any atom is -0.330 e. The van der Waals surface area contributed by atoms with Crippen LogP contribution in [0.5, 0.6) is 0 Å². The number of nitrogens with one attached hydrogen (secondary N) is 1. The molecule has 0 aromatic carbocycles. The second-order valence-corrected chi connectivity index (χ2v) is 6.80. The highest BCUT2D eigenvalue weighted by molar-refractivity contribution is 7.09. The topological polar surface area (TPSA) is 50.9 Å². The smallest absolute Gasteiger partial charge is 0.112 e. The summed E-state index contributed by atoms with van der Waals surface area (Å²) >= 11 is 1.71. The number of nitrogens with zero attached hydrogens (tertiary/aromatic N) is 1. The Kier molecular flexibility index (Phi) is 6.26. The van der Waals surface area contributed by atoms with Crippen molar-refractivity contribution in [1.29, 1.82) is 0 Å². The molecule has 1 atom stereocenters. The Morgan fingerprint density at radius 3 is 2.67 bits per heavy atom. The first kappa shape index (κ1) is 15.6. The minimum absolute atomic E-state index is 0.0366. The van der Waals surface area contributed by atoms with Gasteiger partial charge in [0.05, 0.1) is 5.54 Å². The first-order valence-corrected chi connectivity index (χ1v) is 7.68. The Morgan fingerprint density at radius 2 is 2.17 bits per heavy atom. The maximum absolute atomic E-state index is 5.83. The molecule has 0 saturated heterocycles. The van der Waals surface area contributed by atoms with Crippen LogP contribution in [0.4, 0.5) is 0 Å². The molecule has 0 amide bonds. The molecule has 4 heteroatoms. The van der Waals surface area contributed by atoms with E-state index in [-0.39, 0.29) is 5.54 Å². The van der Waals surface area contributed by atoms with Crippen LogP contribution < -0.4 is 11.1 Å². The van der Waals surface area contributed by atoms with Crippen molar-refractivity contribution in [3.05, 3.63) is 16.6 Å². The van der Waals surface area contributed by atoms with Gasteiger partial charge < -0.3 is 11.1 Å². The van der Waals surface area contributed by atoms with Gasteiger partial charge in [-0.25, -0.2) is 4.98 Å². The Bertz CT molecular complexity index is 320. The van der Waals surface area contributed by atoms with Crippen LogP contribution in [0.15, 0.2) is 11.6 Å². The second-order valence-electron chi connectivity index (χ2n) is 5.91. The molecule has 104 valence electrons. The summed E-state index contributed by atoms with van der Waals surface area (Å²) in [4.78, 5) is 4.39. The van der Waals surface area contributed by atoms with Gasteiger partial charge in [-0.1, -0.05) is 13.8 Å². The molecule has 0 aliphatic carbocycles. The van der Waals surface area contributed by atoms with E-state index >= 15 is 0 Å². The van der Waals surface area contributed by atoms with Crippen LogP contribution >= 0.6 is 11.3 Å². The van der Waals surface area contributed by atoms with E-state index in [4.69, 9.17) is 5.73 Å². The summed E-state index contributed by atoms with van der Waals surface area (Å²) in [5, 5.41) is 6.77. The van der Waals surface area contributed by atoms with Crippen molar-refractivity contribution in [3.63, 3.8) is 0 Å². The third-order valence-corrected chi connectivity index (χ3v) is 4.32. The Morgan fingerprint density at radius 1 is 1.44 bits per heavy atom. The van der Waals surface area contributed by atoms with Gasteiger partial charge in [-0.3, -0.25) is 0 Å². The fourth-order valence-corrected chi connectivity index (χ4v) is 2.93. The van der Waals surface area contributed by atoms with Gasteiger partial charge in [-0.2, -0.15) is 0 Å². The van der Waals surface area contributed by atoms with Gasteiger partial charge >= 0.3 is 0 Å².